The van der Waals surface area contributed by atoms with Gasteiger partial charge < -0.3 is 13.9 Å². The summed E-state index contributed by atoms with van der Waals surface area (Å²) >= 11 is 0. The van der Waals surface area contributed by atoms with Crippen LogP contribution in [0.4, 0.5) is 0 Å². The van der Waals surface area contributed by atoms with Gasteiger partial charge in [0.05, 0.1) is 7.11 Å². The molecule has 0 aliphatic rings. The number of furan rings is 1. The summed E-state index contributed by atoms with van der Waals surface area (Å²) in [6.45, 7) is 0. The molecule has 1 aromatic heterocycles. The molecule has 0 spiro atoms. The summed E-state index contributed by atoms with van der Waals surface area (Å²) in [5.41, 5.74) is 7.68. The van der Waals surface area contributed by atoms with Crippen molar-refractivity contribution in [3.05, 3.63) is 150 Å². The molecular weight excluding hydrogens is 520 g/mol. The molecule has 0 aliphatic carbocycles. The van der Waals surface area contributed by atoms with Gasteiger partial charge in [0, 0.05) is 17.4 Å². The largest absolute Gasteiger partial charge is 0.479 e. The Bertz CT molecular complexity index is 1750. The Labute approximate surface area is 246 Å². The fourth-order valence-electron chi connectivity index (χ4n) is 5.34. The predicted octanol–water partition coefficient (Wildman–Crippen LogP) is 8.91. The molecule has 0 fully saturated rings. The van der Waals surface area contributed by atoms with Gasteiger partial charge in [0.2, 0.25) is 0 Å². The van der Waals surface area contributed by atoms with E-state index in [1.165, 1.54) is 12.7 Å². The molecule has 0 saturated carbocycles. The van der Waals surface area contributed by atoms with Gasteiger partial charge in [0.1, 0.15) is 17.1 Å². The van der Waals surface area contributed by atoms with Gasteiger partial charge in [0.25, 0.3) is 0 Å². The lowest BCUT2D eigenvalue weighted by Gasteiger charge is -2.17. The quantitative estimate of drug-likeness (QED) is 0.159. The van der Waals surface area contributed by atoms with Crippen LogP contribution >= 0.6 is 0 Å². The van der Waals surface area contributed by atoms with E-state index in [9.17, 15) is 4.79 Å². The molecule has 208 valence electrons. The maximum Gasteiger partial charge on any atom is 0.347 e. The number of carbonyl (C=O) groups excluding carboxylic acids is 1. The summed E-state index contributed by atoms with van der Waals surface area (Å²) in [5, 5.41) is 1.12. The first-order valence-corrected chi connectivity index (χ1v) is 14.2. The summed E-state index contributed by atoms with van der Waals surface area (Å²) in [6, 6.07) is 45.1. The van der Waals surface area contributed by atoms with Crippen LogP contribution in [0, 0.1) is 0 Å². The number of ether oxygens (including phenoxy) is 2. The molecule has 4 heteroatoms. The Morgan fingerprint density at radius 2 is 1.24 bits per heavy atom. The minimum Gasteiger partial charge on any atom is -0.479 e. The molecule has 0 bridgehead atoms. The number of esters is 1. The molecular formula is C38H32O4. The van der Waals surface area contributed by atoms with E-state index in [4.69, 9.17) is 13.9 Å². The highest BCUT2D eigenvalue weighted by Gasteiger charge is 2.21. The van der Waals surface area contributed by atoms with Gasteiger partial charge in [-0.25, -0.2) is 4.79 Å². The third-order valence-corrected chi connectivity index (χ3v) is 7.52. The van der Waals surface area contributed by atoms with Crippen LogP contribution < -0.4 is 4.74 Å². The Kier molecular flexibility index (Phi) is 8.14. The molecule has 42 heavy (non-hydrogen) atoms. The van der Waals surface area contributed by atoms with Crippen molar-refractivity contribution in [2.45, 2.75) is 25.4 Å². The fourth-order valence-corrected chi connectivity index (χ4v) is 5.34. The van der Waals surface area contributed by atoms with Gasteiger partial charge in [-0.15, -0.1) is 0 Å². The number of para-hydroxylation sites is 1. The molecule has 1 atom stereocenters. The van der Waals surface area contributed by atoms with Crippen LogP contribution in [-0.2, 0) is 22.4 Å². The SMILES string of the molecule is COC(=O)[C@H](CCc1ccccc1)Oc1ccc(-c2ccc(-c3c(Cc4ccccc4)oc4ccccc34)cc2)cc1. The molecule has 1 heterocycles. The van der Waals surface area contributed by atoms with E-state index in [-0.39, 0.29) is 5.97 Å². The molecule has 0 saturated heterocycles. The van der Waals surface area contributed by atoms with Crippen LogP contribution in [0.25, 0.3) is 33.2 Å². The summed E-state index contributed by atoms with van der Waals surface area (Å²) < 4.78 is 17.4. The maximum atomic E-state index is 12.4. The third-order valence-electron chi connectivity index (χ3n) is 7.52. The van der Waals surface area contributed by atoms with Crippen LogP contribution in [0.1, 0.15) is 23.3 Å². The van der Waals surface area contributed by atoms with Crippen molar-refractivity contribution in [1.29, 1.82) is 0 Å². The summed E-state index contributed by atoms with van der Waals surface area (Å²) in [5.74, 6) is 1.22. The number of hydrogen-bond donors (Lipinski definition) is 0. The monoisotopic (exact) mass is 552 g/mol. The van der Waals surface area contributed by atoms with Gasteiger partial charge in [-0.05, 0) is 58.9 Å². The van der Waals surface area contributed by atoms with Gasteiger partial charge in [-0.3, -0.25) is 0 Å². The number of fused-ring (bicyclic) bond motifs is 1. The van der Waals surface area contributed by atoms with Crippen molar-refractivity contribution in [2.75, 3.05) is 7.11 Å². The van der Waals surface area contributed by atoms with Crippen molar-refractivity contribution in [3.63, 3.8) is 0 Å². The topological polar surface area (TPSA) is 48.7 Å². The highest BCUT2D eigenvalue weighted by molar-refractivity contribution is 5.96. The van der Waals surface area contributed by atoms with E-state index in [0.717, 1.165) is 57.4 Å². The van der Waals surface area contributed by atoms with Crippen LogP contribution in [0.15, 0.2) is 138 Å². The zero-order valence-electron chi connectivity index (χ0n) is 23.5. The van der Waals surface area contributed by atoms with Crippen LogP contribution in [0.2, 0.25) is 0 Å². The van der Waals surface area contributed by atoms with E-state index >= 15 is 0 Å². The van der Waals surface area contributed by atoms with Gasteiger partial charge >= 0.3 is 5.97 Å². The van der Waals surface area contributed by atoms with Crippen molar-refractivity contribution < 1.29 is 18.7 Å². The number of rotatable bonds is 10. The fraction of sp³-hybridized carbons (Fsp3) is 0.132. The highest BCUT2D eigenvalue weighted by atomic mass is 16.6. The van der Waals surface area contributed by atoms with E-state index in [1.807, 2.05) is 72.8 Å². The Hall–Kier alpha value is -5.09. The molecule has 0 radical (unpaired) electrons. The second kappa shape index (κ2) is 12.6. The average Bonchev–Trinajstić information content (AvgIpc) is 3.41. The van der Waals surface area contributed by atoms with Gasteiger partial charge in [-0.1, -0.05) is 115 Å². The number of aryl methyl sites for hydroxylation is 1. The van der Waals surface area contributed by atoms with Crippen molar-refractivity contribution in [3.8, 4) is 28.0 Å². The normalized spacial score (nSPS) is 11.7. The molecule has 0 aliphatic heterocycles. The Morgan fingerprint density at radius 3 is 1.90 bits per heavy atom. The minimum absolute atomic E-state index is 0.371. The smallest absolute Gasteiger partial charge is 0.347 e. The number of hydrogen-bond acceptors (Lipinski definition) is 4. The minimum atomic E-state index is -0.671. The molecule has 6 aromatic rings. The Balaban J connectivity index is 1.20. The molecule has 4 nitrogen and oxygen atoms in total. The maximum absolute atomic E-state index is 12.4. The van der Waals surface area contributed by atoms with Crippen LogP contribution in [-0.4, -0.2) is 19.2 Å². The van der Waals surface area contributed by atoms with Crippen molar-refractivity contribution in [1.82, 2.24) is 0 Å². The first-order chi connectivity index (χ1) is 20.7. The van der Waals surface area contributed by atoms with E-state index in [0.29, 0.717) is 12.2 Å². The average molecular weight is 553 g/mol. The summed E-state index contributed by atoms with van der Waals surface area (Å²) in [4.78, 5) is 12.4. The van der Waals surface area contributed by atoms with Gasteiger partial charge in [-0.2, -0.15) is 0 Å². The Morgan fingerprint density at radius 1 is 0.667 bits per heavy atom. The van der Waals surface area contributed by atoms with E-state index in [2.05, 4.69) is 60.7 Å². The van der Waals surface area contributed by atoms with E-state index < -0.39 is 6.10 Å². The van der Waals surface area contributed by atoms with Crippen LogP contribution in [0.3, 0.4) is 0 Å². The number of carbonyl (C=O) groups is 1. The van der Waals surface area contributed by atoms with Crippen LogP contribution in [0.5, 0.6) is 5.75 Å². The second-order valence-electron chi connectivity index (χ2n) is 10.3. The molecule has 0 N–H and O–H groups in total. The zero-order chi connectivity index (χ0) is 28.7. The lowest BCUT2D eigenvalue weighted by Crippen LogP contribution is -2.29. The second-order valence-corrected chi connectivity index (χ2v) is 10.3. The summed E-state index contributed by atoms with van der Waals surface area (Å²) in [7, 11) is 1.39. The third kappa shape index (κ3) is 6.13. The standard InChI is InChI=1S/C38H32O4/c1-40-38(39)35(25-16-27-10-4-2-5-11-27)41-32-23-21-30(22-24-32)29-17-19-31(20-18-29)37-33-14-8-9-15-34(33)42-36(37)26-28-12-6-3-7-13-28/h2-15,17-24,35H,16,25-26H2,1H3/t35-/m0/s1. The summed E-state index contributed by atoms with van der Waals surface area (Å²) in [6.07, 6.45) is 1.32. The first kappa shape index (κ1) is 27.1. The molecule has 6 rings (SSSR count). The van der Waals surface area contributed by atoms with Crippen molar-refractivity contribution in [2.24, 2.45) is 0 Å². The lowest BCUT2D eigenvalue weighted by molar-refractivity contribution is -0.149. The molecule has 0 amide bonds. The van der Waals surface area contributed by atoms with E-state index in [1.54, 1.807) is 0 Å². The zero-order valence-corrected chi connectivity index (χ0v) is 23.5. The highest BCUT2D eigenvalue weighted by Crippen LogP contribution is 2.37. The number of benzene rings is 5. The number of methoxy groups -OCH3 is 1. The lowest BCUT2D eigenvalue weighted by atomic mass is 9.96. The van der Waals surface area contributed by atoms with Gasteiger partial charge in [0.15, 0.2) is 6.10 Å². The predicted molar refractivity (Wildman–Crippen MR) is 168 cm³/mol. The molecule has 5 aromatic carbocycles. The first-order valence-electron chi connectivity index (χ1n) is 14.2. The molecule has 0 unspecified atom stereocenters. The van der Waals surface area contributed by atoms with Crippen molar-refractivity contribution >= 4 is 16.9 Å².